The van der Waals surface area contributed by atoms with Crippen LogP contribution in [0.1, 0.15) is 25.0 Å². The smallest absolute Gasteiger partial charge is 0.119 e. The van der Waals surface area contributed by atoms with Crippen LogP contribution in [0.25, 0.3) is 11.1 Å². The minimum absolute atomic E-state index is 0.0540. The average molecular weight is 256 g/mol. The van der Waals surface area contributed by atoms with E-state index in [0.717, 1.165) is 10.6 Å². The highest BCUT2D eigenvalue weighted by Gasteiger charge is 2.35. The van der Waals surface area contributed by atoms with E-state index in [0.29, 0.717) is 0 Å². The third kappa shape index (κ3) is 1.49. The van der Waals surface area contributed by atoms with Gasteiger partial charge >= 0.3 is 0 Å². The fourth-order valence-corrected chi connectivity index (χ4v) is 3.07. The minimum Gasteiger partial charge on any atom is -0.497 e. The highest BCUT2D eigenvalue weighted by Crippen LogP contribution is 2.49. The van der Waals surface area contributed by atoms with Gasteiger partial charge in [0.1, 0.15) is 5.75 Å². The molecule has 2 aromatic rings. The lowest BCUT2D eigenvalue weighted by Crippen LogP contribution is -2.14. The van der Waals surface area contributed by atoms with E-state index < -0.39 is 0 Å². The number of hydrogen-bond donors (Lipinski definition) is 1. The predicted molar refractivity (Wildman–Crippen MR) is 77.8 cm³/mol. The lowest BCUT2D eigenvalue weighted by molar-refractivity contribution is 0.414. The van der Waals surface area contributed by atoms with Crippen LogP contribution in [-0.2, 0) is 5.41 Å². The number of ether oxygens (including phenoxy) is 1. The molecule has 0 unspecified atom stereocenters. The molecule has 2 aromatic carbocycles. The van der Waals surface area contributed by atoms with E-state index in [4.69, 9.17) is 4.74 Å². The Hall–Kier alpha value is -1.41. The Bertz CT molecular complexity index is 629. The summed E-state index contributed by atoms with van der Waals surface area (Å²) in [6, 6.07) is 12.7. The van der Waals surface area contributed by atoms with E-state index in [1.54, 1.807) is 7.11 Å². The Morgan fingerprint density at radius 3 is 2.22 bits per heavy atom. The van der Waals surface area contributed by atoms with Crippen molar-refractivity contribution in [2.24, 2.45) is 0 Å². The summed E-state index contributed by atoms with van der Waals surface area (Å²) in [5, 5.41) is 0. The van der Waals surface area contributed by atoms with Crippen molar-refractivity contribution in [1.82, 2.24) is 0 Å². The maximum absolute atomic E-state index is 5.33. The summed E-state index contributed by atoms with van der Waals surface area (Å²) >= 11 is 4.45. The van der Waals surface area contributed by atoms with E-state index in [2.05, 4.69) is 56.8 Å². The van der Waals surface area contributed by atoms with Gasteiger partial charge in [0, 0.05) is 10.3 Å². The van der Waals surface area contributed by atoms with Crippen LogP contribution >= 0.6 is 12.6 Å². The molecule has 0 aliphatic heterocycles. The van der Waals surface area contributed by atoms with Crippen LogP contribution < -0.4 is 4.74 Å². The molecule has 1 aliphatic rings. The largest absolute Gasteiger partial charge is 0.497 e. The third-order valence-corrected chi connectivity index (χ3v) is 4.14. The number of rotatable bonds is 1. The summed E-state index contributed by atoms with van der Waals surface area (Å²) in [6.07, 6.45) is 0. The molecule has 92 valence electrons. The van der Waals surface area contributed by atoms with E-state index in [1.807, 2.05) is 6.07 Å². The quantitative estimate of drug-likeness (QED) is 0.749. The van der Waals surface area contributed by atoms with Gasteiger partial charge in [-0.1, -0.05) is 26.0 Å². The lowest BCUT2D eigenvalue weighted by atomic mass is 9.82. The maximum atomic E-state index is 5.33. The van der Waals surface area contributed by atoms with Gasteiger partial charge in [-0.2, -0.15) is 0 Å². The predicted octanol–water partition coefficient (Wildman–Crippen LogP) is 4.29. The first kappa shape index (κ1) is 11.7. The SMILES string of the molecule is COc1ccc2c(c1)-c1cc(S)ccc1C2(C)C. The normalized spacial score (nSPS) is 15.1. The van der Waals surface area contributed by atoms with Crippen LogP contribution in [0.2, 0.25) is 0 Å². The van der Waals surface area contributed by atoms with Crippen LogP contribution in [0, 0.1) is 0 Å². The molecule has 0 radical (unpaired) electrons. The molecule has 2 heteroatoms. The van der Waals surface area contributed by atoms with Crippen LogP contribution in [0.15, 0.2) is 41.3 Å². The molecule has 0 heterocycles. The maximum Gasteiger partial charge on any atom is 0.119 e. The molecule has 0 fully saturated rings. The molecule has 1 nitrogen and oxygen atoms in total. The van der Waals surface area contributed by atoms with Gasteiger partial charge in [-0.3, -0.25) is 0 Å². The molecular weight excluding hydrogens is 240 g/mol. The molecule has 0 atom stereocenters. The van der Waals surface area contributed by atoms with E-state index >= 15 is 0 Å². The van der Waals surface area contributed by atoms with Gasteiger partial charge in [-0.25, -0.2) is 0 Å². The first-order chi connectivity index (χ1) is 8.54. The van der Waals surface area contributed by atoms with Crippen LogP contribution in [0.3, 0.4) is 0 Å². The fourth-order valence-electron chi connectivity index (χ4n) is 2.86. The van der Waals surface area contributed by atoms with Gasteiger partial charge in [0.15, 0.2) is 0 Å². The van der Waals surface area contributed by atoms with Crippen molar-refractivity contribution in [2.45, 2.75) is 24.2 Å². The summed E-state index contributed by atoms with van der Waals surface area (Å²) < 4.78 is 5.33. The summed E-state index contributed by atoms with van der Waals surface area (Å²) in [6.45, 7) is 4.53. The lowest BCUT2D eigenvalue weighted by Gasteiger charge is -2.21. The first-order valence-corrected chi connectivity index (χ1v) is 6.51. The molecule has 0 saturated carbocycles. The molecule has 3 rings (SSSR count). The molecular formula is C16H16OS. The second-order valence-corrected chi connectivity index (χ2v) is 5.78. The molecule has 0 bridgehead atoms. The van der Waals surface area contributed by atoms with Crippen LogP contribution in [0.4, 0.5) is 0 Å². The number of hydrogen-bond acceptors (Lipinski definition) is 2. The number of benzene rings is 2. The van der Waals surface area contributed by atoms with E-state index in [9.17, 15) is 0 Å². The van der Waals surface area contributed by atoms with Crippen molar-refractivity contribution in [2.75, 3.05) is 7.11 Å². The van der Waals surface area contributed by atoms with Crippen LogP contribution in [-0.4, -0.2) is 7.11 Å². The van der Waals surface area contributed by atoms with Crippen molar-refractivity contribution in [3.05, 3.63) is 47.5 Å². The number of methoxy groups -OCH3 is 1. The van der Waals surface area contributed by atoms with Gasteiger partial charge in [0.25, 0.3) is 0 Å². The zero-order valence-electron chi connectivity index (χ0n) is 10.8. The van der Waals surface area contributed by atoms with Gasteiger partial charge in [-0.15, -0.1) is 12.6 Å². The highest BCUT2D eigenvalue weighted by atomic mass is 32.1. The van der Waals surface area contributed by atoms with Crippen molar-refractivity contribution in [3.63, 3.8) is 0 Å². The summed E-state index contributed by atoms with van der Waals surface area (Å²) in [5.41, 5.74) is 5.32. The Labute approximate surface area is 113 Å². The minimum atomic E-state index is 0.0540. The molecule has 0 spiro atoms. The summed E-state index contributed by atoms with van der Waals surface area (Å²) in [7, 11) is 1.71. The zero-order valence-corrected chi connectivity index (χ0v) is 11.7. The van der Waals surface area contributed by atoms with E-state index in [-0.39, 0.29) is 5.41 Å². The first-order valence-electron chi connectivity index (χ1n) is 6.06. The number of fused-ring (bicyclic) bond motifs is 3. The summed E-state index contributed by atoms with van der Waals surface area (Å²) in [4.78, 5) is 1.00. The van der Waals surface area contributed by atoms with Crippen molar-refractivity contribution in [3.8, 4) is 16.9 Å². The second kappa shape index (κ2) is 3.79. The topological polar surface area (TPSA) is 9.23 Å². The number of thiol groups is 1. The summed E-state index contributed by atoms with van der Waals surface area (Å²) in [5.74, 6) is 0.905. The van der Waals surface area contributed by atoms with E-state index in [1.165, 1.54) is 22.3 Å². The van der Waals surface area contributed by atoms with Crippen molar-refractivity contribution in [1.29, 1.82) is 0 Å². The standard InChI is InChI=1S/C16H16OS/c1-16(2)14-6-4-10(17-3)8-12(14)13-9-11(18)5-7-15(13)16/h4-9,18H,1-3H3. The zero-order chi connectivity index (χ0) is 12.9. The highest BCUT2D eigenvalue weighted by molar-refractivity contribution is 7.80. The van der Waals surface area contributed by atoms with Gasteiger partial charge < -0.3 is 4.74 Å². The molecule has 1 aliphatic carbocycles. The van der Waals surface area contributed by atoms with Crippen molar-refractivity contribution >= 4 is 12.6 Å². The van der Waals surface area contributed by atoms with Crippen molar-refractivity contribution < 1.29 is 4.74 Å². The molecule has 18 heavy (non-hydrogen) atoms. The Kier molecular flexibility index (Phi) is 2.46. The third-order valence-electron chi connectivity index (χ3n) is 3.87. The monoisotopic (exact) mass is 256 g/mol. The fraction of sp³-hybridized carbons (Fsp3) is 0.250. The molecule has 0 N–H and O–H groups in total. The molecule has 0 aromatic heterocycles. The molecule has 0 amide bonds. The Balaban J connectivity index is 2.33. The van der Waals surface area contributed by atoms with Gasteiger partial charge in [-0.05, 0) is 46.5 Å². The Morgan fingerprint density at radius 1 is 0.944 bits per heavy atom. The van der Waals surface area contributed by atoms with Gasteiger partial charge in [0.2, 0.25) is 0 Å². The average Bonchev–Trinajstić information content (AvgIpc) is 2.58. The molecule has 0 saturated heterocycles. The Morgan fingerprint density at radius 2 is 1.56 bits per heavy atom. The van der Waals surface area contributed by atoms with Gasteiger partial charge in [0.05, 0.1) is 7.11 Å². The second-order valence-electron chi connectivity index (χ2n) is 5.27. The van der Waals surface area contributed by atoms with Crippen LogP contribution in [0.5, 0.6) is 5.75 Å².